The van der Waals surface area contributed by atoms with Gasteiger partial charge in [-0.2, -0.15) is 0 Å². The Labute approximate surface area is 116 Å². The normalized spacial score (nSPS) is 25.2. The van der Waals surface area contributed by atoms with Crippen LogP contribution < -0.4 is 11.5 Å². The van der Waals surface area contributed by atoms with Crippen molar-refractivity contribution >= 4 is 11.6 Å². The molecular formula is C14H17N3O3. The van der Waals surface area contributed by atoms with E-state index in [4.69, 9.17) is 16.2 Å². The van der Waals surface area contributed by atoms with Crippen LogP contribution in [0.25, 0.3) is 0 Å². The van der Waals surface area contributed by atoms with Crippen LogP contribution in [0.5, 0.6) is 0 Å². The largest absolute Gasteiger partial charge is 0.395 e. The van der Waals surface area contributed by atoms with Gasteiger partial charge in [0.2, 0.25) is 11.6 Å². The Hall–Kier alpha value is -1.92. The Morgan fingerprint density at radius 1 is 1.25 bits per heavy atom. The second-order valence-electron chi connectivity index (χ2n) is 5.36. The van der Waals surface area contributed by atoms with E-state index in [0.29, 0.717) is 23.4 Å². The molecule has 3 rings (SSSR count). The highest BCUT2D eigenvalue weighted by Crippen LogP contribution is 2.39. The van der Waals surface area contributed by atoms with Crippen LogP contribution >= 0.6 is 0 Å². The van der Waals surface area contributed by atoms with Crippen molar-refractivity contribution in [2.75, 3.05) is 7.11 Å². The van der Waals surface area contributed by atoms with Gasteiger partial charge in [-0.25, -0.2) is 0 Å². The third-order valence-electron chi connectivity index (χ3n) is 4.29. The standard InChI is InChI=1S/C14H17N3O3/c1-5-8-11(12(18)6(2)9(16)13(8)19)17-4-7(15)14(20-3)10(5)17/h7,14H,4,15-16H2,1-3H3/t7-,14-/m0/s1. The molecule has 0 unspecified atom stereocenters. The van der Waals surface area contributed by atoms with Crippen molar-refractivity contribution in [3.05, 3.63) is 33.8 Å². The SMILES string of the molecule is CO[C@@H]1c2c(C)c3c(n2C[C@@H]1N)C(=O)C(C)=C(N)C3=O. The van der Waals surface area contributed by atoms with Gasteiger partial charge >= 0.3 is 0 Å². The summed E-state index contributed by atoms with van der Waals surface area (Å²) in [6.45, 7) is 3.86. The third-order valence-corrected chi connectivity index (χ3v) is 4.29. The molecule has 1 aliphatic carbocycles. The van der Waals surface area contributed by atoms with Gasteiger partial charge in [0, 0.05) is 19.2 Å². The lowest BCUT2D eigenvalue weighted by Gasteiger charge is -2.17. The van der Waals surface area contributed by atoms with E-state index < -0.39 is 0 Å². The first-order valence-corrected chi connectivity index (χ1v) is 6.47. The Bertz CT molecular complexity index is 684. The Balaban J connectivity index is 2.31. The second-order valence-corrected chi connectivity index (χ2v) is 5.36. The number of hydrogen-bond donors (Lipinski definition) is 2. The maximum Gasteiger partial charge on any atom is 0.211 e. The average Bonchev–Trinajstić information content (AvgIpc) is 2.88. The smallest absolute Gasteiger partial charge is 0.211 e. The van der Waals surface area contributed by atoms with Crippen LogP contribution in [0.2, 0.25) is 0 Å². The number of methoxy groups -OCH3 is 1. The summed E-state index contributed by atoms with van der Waals surface area (Å²) in [5.41, 5.74) is 14.5. The molecular weight excluding hydrogens is 258 g/mol. The van der Waals surface area contributed by atoms with E-state index in [1.54, 1.807) is 14.0 Å². The minimum atomic E-state index is -0.303. The maximum atomic E-state index is 12.5. The number of carbonyl (C=O) groups excluding carboxylic acids is 2. The van der Waals surface area contributed by atoms with Crippen molar-refractivity contribution in [3.8, 4) is 0 Å². The van der Waals surface area contributed by atoms with Gasteiger partial charge in [-0.1, -0.05) is 0 Å². The number of rotatable bonds is 1. The summed E-state index contributed by atoms with van der Waals surface area (Å²) in [5.74, 6) is -0.477. The number of ketones is 2. The molecule has 0 saturated carbocycles. The monoisotopic (exact) mass is 275 g/mol. The Kier molecular flexibility index (Phi) is 2.64. The zero-order valence-electron chi connectivity index (χ0n) is 11.7. The van der Waals surface area contributed by atoms with E-state index in [9.17, 15) is 9.59 Å². The lowest BCUT2D eigenvalue weighted by atomic mass is 9.90. The van der Waals surface area contributed by atoms with E-state index in [1.165, 1.54) is 0 Å². The number of carbonyl (C=O) groups is 2. The molecule has 1 aromatic heterocycles. The molecule has 0 amide bonds. The van der Waals surface area contributed by atoms with Gasteiger partial charge in [0.25, 0.3) is 0 Å². The molecule has 2 heterocycles. The summed E-state index contributed by atoms with van der Waals surface area (Å²) < 4.78 is 7.24. The predicted octanol–water partition coefficient (Wildman–Crippen LogP) is 0.437. The van der Waals surface area contributed by atoms with Gasteiger partial charge in [-0.05, 0) is 19.4 Å². The molecule has 4 N–H and O–H groups in total. The molecule has 0 spiro atoms. The number of allylic oxidation sites excluding steroid dienone is 2. The van der Waals surface area contributed by atoms with Crippen molar-refractivity contribution in [1.29, 1.82) is 0 Å². The van der Waals surface area contributed by atoms with Crippen LogP contribution in [0, 0.1) is 6.92 Å². The quantitative estimate of drug-likeness (QED) is 0.774. The molecule has 6 nitrogen and oxygen atoms in total. The number of hydrogen-bond acceptors (Lipinski definition) is 5. The van der Waals surface area contributed by atoms with Crippen LogP contribution in [-0.4, -0.2) is 29.3 Å². The highest BCUT2D eigenvalue weighted by molar-refractivity contribution is 6.26. The highest BCUT2D eigenvalue weighted by Gasteiger charge is 2.42. The number of aromatic nitrogens is 1. The first-order chi connectivity index (χ1) is 9.40. The number of nitrogens with zero attached hydrogens (tertiary/aromatic N) is 1. The topological polar surface area (TPSA) is 100 Å². The van der Waals surface area contributed by atoms with E-state index in [0.717, 1.165) is 11.3 Å². The maximum absolute atomic E-state index is 12.5. The Morgan fingerprint density at radius 2 is 1.90 bits per heavy atom. The van der Waals surface area contributed by atoms with Gasteiger partial charge in [-0.3, -0.25) is 9.59 Å². The van der Waals surface area contributed by atoms with Gasteiger partial charge in [0.1, 0.15) is 11.8 Å². The highest BCUT2D eigenvalue weighted by atomic mass is 16.5. The molecule has 0 fully saturated rings. The first-order valence-electron chi connectivity index (χ1n) is 6.47. The lowest BCUT2D eigenvalue weighted by molar-refractivity contribution is 0.0895. The van der Waals surface area contributed by atoms with Crippen LogP contribution in [0.3, 0.4) is 0 Å². The zero-order valence-corrected chi connectivity index (χ0v) is 11.7. The summed E-state index contributed by atoms with van der Waals surface area (Å²) in [6, 6.07) is -0.217. The molecule has 0 aromatic carbocycles. The summed E-state index contributed by atoms with van der Waals surface area (Å²) in [5, 5.41) is 0. The van der Waals surface area contributed by atoms with E-state index in [2.05, 4.69) is 0 Å². The molecule has 2 aliphatic rings. The summed E-state index contributed by atoms with van der Waals surface area (Å²) in [7, 11) is 1.58. The lowest BCUT2D eigenvalue weighted by Crippen LogP contribution is -2.30. The second kappa shape index (κ2) is 4.04. The van der Waals surface area contributed by atoms with Crippen molar-refractivity contribution in [3.63, 3.8) is 0 Å². The predicted molar refractivity (Wildman–Crippen MR) is 72.4 cm³/mol. The van der Waals surface area contributed by atoms with Crippen molar-refractivity contribution < 1.29 is 14.3 Å². The number of ether oxygens (including phenoxy) is 1. The number of fused-ring (bicyclic) bond motifs is 3. The van der Waals surface area contributed by atoms with E-state index in [1.807, 2.05) is 11.5 Å². The van der Waals surface area contributed by atoms with Crippen LogP contribution in [0.4, 0.5) is 0 Å². The molecule has 2 atom stereocenters. The van der Waals surface area contributed by atoms with Gasteiger partial charge < -0.3 is 20.8 Å². The molecule has 0 bridgehead atoms. The molecule has 1 aliphatic heterocycles. The first kappa shape index (κ1) is 13.1. The van der Waals surface area contributed by atoms with Crippen molar-refractivity contribution in [2.24, 2.45) is 11.5 Å². The average molecular weight is 275 g/mol. The summed E-state index contributed by atoms with van der Waals surface area (Å²) in [4.78, 5) is 24.8. The molecule has 1 aromatic rings. The van der Waals surface area contributed by atoms with E-state index >= 15 is 0 Å². The van der Waals surface area contributed by atoms with E-state index in [-0.39, 0.29) is 29.4 Å². The van der Waals surface area contributed by atoms with Crippen LogP contribution in [-0.2, 0) is 11.3 Å². The fourth-order valence-corrected chi connectivity index (χ4v) is 3.23. The summed E-state index contributed by atoms with van der Waals surface area (Å²) in [6.07, 6.45) is -0.303. The molecule has 0 radical (unpaired) electrons. The molecule has 20 heavy (non-hydrogen) atoms. The molecule has 106 valence electrons. The number of Topliss-reactive ketones (excluding diaryl/α,β-unsaturated/α-hetero) is 2. The zero-order chi connectivity index (χ0) is 14.8. The Morgan fingerprint density at radius 3 is 2.50 bits per heavy atom. The van der Waals surface area contributed by atoms with Crippen molar-refractivity contribution in [2.45, 2.75) is 32.5 Å². The molecule has 6 heteroatoms. The van der Waals surface area contributed by atoms with Crippen molar-refractivity contribution in [1.82, 2.24) is 4.57 Å². The van der Waals surface area contributed by atoms with Gasteiger partial charge in [0.05, 0.1) is 23.0 Å². The van der Waals surface area contributed by atoms with Gasteiger partial charge in [-0.15, -0.1) is 0 Å². The minimum Gasteiger partial charge on any atom is -0.395 e. The van der Waals surface area contributed by atoms with Crippen LogP contribution in [0.1, 0.15) is 45.1 Å². The van der Waals surface area contributed by atoms with Crippen LogP contribution in [0.15, 0.2) is 11.3 Å². The third kappa shape index (κ3) is 1.35. The number of nitrogens with two attached hydrogens (primary N) is 2. The minimum absolute atomic E-state index is 0.0353. The molecule has 0 saturated heterocycles. The fraction of sp³-hybridized carbons (Fsp3) is 0.429. The summed E-state index contributed by atoms with van der Waals surface area (Å²) >= 11 is 0. The fourth-order valence-electron chi connectivity index (χ4n) is 3.23. The van der Waals surface area contributed by atoms with Gasteiger partial charge in [0.15, 0.2) is 0 Å².